The van der Waals surface area contributed by atoms with Crippen LogP contribution in [0.5, 0.6) is 0 Å². The summed E-state index contributed by atoms with van der Waals surface area (Å²) in [6, 6.07) is 5.71. The van der Waals surface area contributed by atoms with Crippen molar-refractivity contribution in [1.29, 1.82) is 0 Å². The fourth-order valence-electron chi connectivity index (χ4n) is 3.08. The second kappa shape index (κ2) is 7.17. The van der Waals surface area contributed by atoms with Crippen LogP contribution in [-0.2, 0) is 4.79 Å². The summed E-state index contributed by atoms with van der Waals surface area (Å²) >= 11 is 0. The summed E-state index contributed by atoms with van der Waals surface area (Å²) in [6.07, 6.45) is -4.70. The van der Waals surface area contributed by atoms with Gasteiger partial charge in [0.15, 0.2) is 0 Å². The minimum Gasteiger partial charge on any atom is -0.481 e. The van der Waals surface area contributed by atoms with Gasteiger partial charge in [-0.15, -0.1) is 0 Å². The minimum atomic E-state index is -4.70. The number of hydrogen-bond donors (Lipinski definition) is 2. The zero-order valence-electron chi connectivity index (χ0n) is 15.1. The second-order valence-corrected chi connectivity index (χ2v) is 6.67. The average Bonchev–Trinajstić information content (AvgIpc) is 3.20. The molecule has 1 saturated heterocycles. The number of rotatable bonds is 3. The zero-order chi connectivity index (χ0) is 20.6. The van der Waals surface area contributed by atoms with Crippen LogP contribution in [0.1, 0.15) is 11.5 Å². The number of aromatic nitrogens is 1. The standard InChI is InChI=1S/C18H18F3N3O4/c1-9-10(2)28-15(22-9)11-4-3-5-12(6-11)23-17(27)24-7-13(16(25)26)14(8-24)18(19,20)21/h3-6,13-14H,7-8H2,1-2H3,(H,23,27)(H,25,26)/t13-,14-/m1/s1. The summed E-state index contributed by atoms with van der Waals surface area (Å²) in [5.74, 6) is -4.35. The molecule has 1 aliphatic rings. The van der Waals surface area contributed by atoms with Crippen molar-refractivity contribution in [2.75, 3.05) is 18.4 Å². The first-order valence-electron chi connectivity index (χ1n) is 8.46. The lowest BCUT2D eigenvalue weighted by molar-refractivity contribution is -0.187. The third kappa shape index (κ3) is 3.95. The van der Waals surface area contributed by atoms with Crippen LogP contribution in [0, 0.1) is 25.7 Å². The normalized spacial score (nSPS) is 19.7. The van der Waals surface area contributed by atoms with Crippen molar-refractivity contribution in [3.63, 3.8) is 0 Å². The van der Waals surface area contributed by atoms with Gasteiger partial charge in [-0.3, -0.25) is 4.79 Å². The summed E-state index contributed by atoms with van der Waals surface area (Å²) in [6.45, 7) is 2.34. The molecule has 1 aromatic carbocycles. The fourth-order valence-corrected chi connectivity index (χ4v) is 3.08. The van der Waals surface area contributed by atoms with Crippen LogP contribution in [0.15, 0.2) is 28.7 Å². The van der Waals surface area contributed by atoms with E-state index in [-0.39, 0.29) is 0 Å². The van der Waals surface area contributed by atoms with E-state index < -0.39 is 43.1 Å². The molecule has 0 spiro atoms. The molecular weight excluding hydrogens is 379 g/mol. The molecule has 10 heteroatoms. The van der Waals surface area contributed by atoms with E-state index >= 15 is 0 Å². The highest BCUT2D eigenvalue weighted by Gasteiger charge is 2.53. The number of aryl methyl sites for hydroxylation is 2. The first kappa shape index (κ1) is 19.7. The maximum Gasteiger partial charge on any atom is 0.394 e. The van der Waals surface area contributed by atoms with E-state index in [1.165, 1.54) is 0 Å². The molecule has 7 nitrogen and oxygen atoms in total. The number of halogens is 3. The highest BCUT2D eigenvalue weighted by molar-refractivity contribution is 5.90. The number of amides is 2. The number of carbonyl (C=O) groups is 2. The predicted octanol–water partition coefficient (Wildman–Crippen LogP) is 3.69. The number of alkyl halides is 3. The summed E-state index contributed by atoms with van der Waals surface area (Å²) in [7, 11) is 0. The maximum absolute atomic E-state index is 13.1. The van der Waals surface area contributed by atoms with Gasteiger partial charge in [-0.2, -0.15) is 13.2 Å². The third-order valence-corrected chi connectivity index (χ3v) is 4.73. The summed E-state index contributed by atoms with van der Waals surface area (Å²) < 4.78 is 44.7. The molecule has 0 unspecified atom stereocenters. The molecule has 2 aromatic rings. The zero-order valence-corrected chi connectivity index (χ0v) is 15.1. The molecule has 1 aromatic heterocycles. The molecule has 2 heterocycles. The van der Waals surface area contributed by atoms with Crippen molar-refractivity contribution in [3.05, 3.63) is 35.7 Å². The molecule has 2 amide bonds. The third-order valence-electron chi connectivity index (χ3n) is 4.73. The summed E-state index contributed by atoms with van der Waals surface area (Å²) in [5.41, 5.74) is 1.64. The van der Waals surface area contributed by atoms with E-state index in [4.69, 9.17) is 9.52 Å². The monoisotopic (exact) mass is 397 g/mol. The Bertz CT molecular complexity index is 890. The Kier molecular flexibility index (Phi) is 5.05. The van der Waals surface area contributed by atoms with Crippen LogP contribution in [0.25, 0.3) is 11.5 Å². The van der Waals surface area contributed by atoms with Gasteiger partial charge >= 0.3 is 18.2 Å². The van der Waals surface area contributed by atoms with Gasteiger partial charge in [0.25, 0.3) is 0 Å². The Morgan fingerprint density at radius 2 is 2.00 bits per heavy atom. The molecule has 0 saturated carbocycles. The van der Waals surface area contributed by atoms with Gasteiger partial charge in [-0.25, -0.2) is 9.78 Å². The van der Waals surface area contributed by atoms with Crippen LogP contribution < -0.4 is 5.32 Å². The van der Waals surface area contributed by atoms with Crippen LogP contribution in [-0.4, -0.2) is 46.3 Å². The average molecular weight is 397 g/mol. The molecule has 2 atom stereocenters. The van der Waals surface area contributed by atoms with Gasteiger partial charge in [-0.05, 0) is 32.0 Å². The molecule has 150 valence electrons. The molecule has 0 radical (unpaired) electrons. The van der Waals surface area contributed by atoms with Crippen LogP contribution in [0.3, 0.4) is 0 Å². The maximum atomic E-state index is 13.1. The Hall–Kier alpha value is -3.04. The highest BCUT2D eigenvalue weighted by atomic mass is 19.4. The smallest absolute Gasteiger partial charge is 0.394 e. The summed E-state index contributed by atoms with van der Waals surface area (Å²) in [4.78, 5) is 28.6. The molecule has 3 rings (SSSR count). The van der Waals surface area contributed by atoms with E-state index in [1.54, 1.807) is 38.1 Å². The van der Waals surface area contributed by atoms with Crippen molar-refractivity contribution < 1.29 is 32.3 Å². The topological polar surface area (TPSA) is 95.7 Å². The lowest BCUT2D eigenvalue weighted by atomic mass is 9.96. The van der Waals surface area contributed by atoms with Gasteiger partial charge in [0.05, 0.1) is 17.5 Å². The number of carbonyl (C=O) groups excluding carboxylic acids is 1. The van der Waals surface area contributed by atoms with Gasteiger partial charge in [-0.1, -0.05) is 6.07 Å². The van der Waals surface area contributed by atoms with Crippen molar-refractivity contribution in [2.45, 2.75) is 20.0 Å². The van der Waals surface area contributed by atoms with Crippen LogP contribution >= 0.6 is 0 Å². The molecule has 1 fully saturated rings. The number of likely N-dealkylation sites (tertiary alicyclic amines) is 1. The minimum absolute atomic E-state index is 0.332. The van der Waals surface area contributed by atoms with Gasteiger partial charge in [0.1, 0.15) is 5.76 Å². The predicted molar refractivity (Wildman–Crippen MR) is 92.7 cm³/mol. The lowest BCUT2D eigenvalue weighted by Gasteiger charge is -2.18. The number of nitrogens with one attached hydrogen (secondary N) is 1. The molecule has 0 bridgehead atoms. The molecule has 0 aliphatic carbocycles. The van der Waals surface area contributed by atoms with E-state index in [0.717, 1.165) is 10.6 Å². The van der Waals surface area contributed by atoms with Gasteiger partial charge in [0, 0.05) is 24.3 Å². The Balaban J connectivity index is 1.75. The number of nitrogens with zero attached hydrogens (tertiary/aromatic N) is 2. The van der Waals surface area contributed by atoms with Crippen molar-refractivity contribution in [1.82, 2.24) is 9.88 Å². The number of urea groups is 1. The molecule has 2 N–H and O–H groups in total. The van der Waals surface area contributed by atoms with E-state index in [1.807, 2.05) is 0 Å². The van der Waals surface area contributed by atoms with Crippen LogP contribution in [0.2, 0.25) is 0 Å². The molecule has 28 heavy (non-hydrogen) atoms. The number of anilines is 1. The van der Waals surface area contributed by atoms with Gasteiger partial charge < -0.3 is 19.7 Å². The first-order chi connectivity index (χ1) is 13.1. The van der Waals surface area contributed by atoms with E-state index in [0.29, 0.717) is 22.9 Å². The summed E-state index contributed by atoms with van der Waals surface area (Å²) in [5, 5.41) is 11.6. The SMILES string of the molecule is Cc1nc(-c2cccc(NC(=O)N3C[C@@H](C(F)(F)F)[C@H](C(=O)O)C3)c2)oc1C. The number of hydrogen-bond acceptors (Lipinski definition) is 4. The van der Waals surface area contributed by atoms with Crippen LogP contribution in [0.4, 0.5) is 23.7 Å². The first-order valence-corrected chi connectivity index (χ1v) is 8.46. The number of carboxylic acids is 1. The largest absolute Gasteiger partial charge is 0.481 e. The number of benzene rings is 1. The second-order valence-electron chi connectivity index (χ2n) is 6.67. The Morgan fingerprint density at radius 3 is 2.54 bits per heavy atom. The fraction of sp³-hybridized carbons (Fsp3) is 0.389. The number of oxazole rings is 1. The van der Waals surface area contributed by atoms with Crippen molar-refractivity contribution in [2.24, 2.45) is 11.8 Å². The Labute approximate surface area is 158 Å². The molecular formula is C18H18F3N3O4. The van der Waals surface area contributed by atoms with Gasteiger partial charge in [0.2, 0.25) is 5.89 Å². The Morgan fingerprint density at radius 1 is 1.29 bits per heavy atom. The van der Waals surface area contributed by atoms with Crippen molar-refractivity contribution in [3.8, 4) is 11.5 Å². The highest BCUT2D eigenvalue weighted by Crippen LogP contribution is 2.38. The van der Waals surface area contributed by atoms with Crippen molar-refractivity contribution >= 4 is 17.7 Å². The lowest BCUT2D eigenvalue weighted by Crippen LogP contribution is -2.35. The van der Waals surface area contributed by atoms with E-state index in [9.17, 15) is 22.8 Å². The number of aliphatic carboxylic acids is 1. The number of carboxylic acid groups (broad SMARTS) is 1. The van der Waals surface area contributed by atoms with E-state index in [2.05, 4.69) is 10.3 Å². The quantitative estimate of drug-likeness (QED) is 0.824. The molecule has 1 aliphatic heterocycles.